The number of carboxylic acids is 1. The van der Waals surface area contributed by atoms with Gasteiger partial charge >= 0.3 is 5.97 Å². The number of aliphatic carboxylic acids is 1. The highest BCUT2D eigenvalue weighted by atomic mass is 16.5. The lowest BCUT2D eigenvalue weighted by Gasteiger charge is -2.19. The molecule has 1 amide bonds. The first-order valence-corrected chi connectivity index (χ1v) is 7.76. The third-order valence-corrected chi connectivity index (χ3v) is 3.77. The first-order valence-electron chi connectivity index (χ1n) is 7.76. The Morgan fingerprint density at radius 2 is 1.80 bits per heavy atom. The summed E-state index contributed by atoms with van der Waals surface area (Å²) in [5.74, 6) is -0.334. The van der Waals surface area contributed by atoms with Crippen LogP contribution in [0.4, 0.5) is 0 Å². The number of aryl methyl sites for hydroxylation is 1. The summed E-state index contributed by atoms with van der Waals surface area (Å²) in [6.07, 6.45) is -0.243. The molecule has 0 radical (unpaired) electrons. The van der Waals surface area contributed by atoms with Gasteiger partial charge in [0.05, 0.1) is 26.7 Å². The van der Waals surface area contributed by atoms with Gasteiger partial charge in [0.15, 0.2) is 11.5 Å². The summed E-state index contributed by atoms with van der Waals surface area (Å²) in [6.45, 7) is 1.89. The molecule has 132 valence electrons. The SMILES string of the molecule is COc1ccc([C@H](CC(=O)O)NC(=O)c2cccc(C)c2)cc1OC. The average molecular weight is 343 g/mol. The fourth-order valence-electron chi connectivity index (χ4n) is 2.52. The number of rotatable bonds is 7. The molecule has 0 saturated heterocycles. The molecule has 25 heavy (non-hydrogen) atoms. The number of amides is 1. The Morgan fingerprint density at radius 1 is 1.08 bits per heavy atom. The zero-order chi connectivity index (χ0) is 18.4. The smallest absolute Gasteiger partial charge is 0.305 e. The van der Waals surface area contributed by atoms with Gasteiger partial charge in [-0.05, 0) is 36.8 Å². The molecule has 0 spiro atoms. The predicted octanol–water partition coefficient (Wildman–Crippen LogP) is 2.96. The van der Waals surface area contributed by atoms with Crippen LogP contribution in [-0.4, -0.2) is 31.2 Å². The summed E-state index contributed by atoms with van der Waals surface area (Å²) in [5.41, 5.74) is 2.06. The standard InChI is InChI=1S/C19H21NO5/c1-12-5-4-6-14(9-12)19(23)20-15(11-18(21)22)13-7-8-16(24-2)17(10-13)25-3/h4-10,15H,11H2,1-3H3,(H,20,23)(H,21,22)/t15-/m0/s1. The minimum absolute atomic E-state index is 0.243. The van der Waals surface area contributed by atoms with Crippen LogP contribution in [0.5, 0.6) is 11.5 Å². The van der Waals surface area contributed by atoms with Crippen LogP contribution in [0.1, 0.15) is 33.9 Å². The van der Waals surface area contributed by atoms with Crippen molar-refractivity contribution in [2.75, 3.05) is 14.2 Å². The Bertz CT molecular complexity index is 772. The Labute approximate surface area is 146 Å². The van der Waals surface area contributed by atoms with E-state index in [1.807, 2.05) is 13.0 Å². The van der Waals surface area contributed by atoms with Crippen LogP contribution in [0.3, 0.4) is 0 Å². The molecular formula is C19H21NO5. The van der Waals surface area contributed by atoms with Crippen molar-refractivity contribution in [3.05, 3.63) is 59.2 Å². The fraction of sp³-hybridized carbons (Fsp3) is 0.263. The zero-order valence-electron chi connectivity index (χ0n) is 14.4. The van der Waals surface area contributed by atoms with E-state index in [2.05, 4.69) is 5.32 Å². The van der Waals surface area contributed by atoms with Gasteiger partial charge in [0.2, 0.25) is 0 Å². The monoisotopic (exact) mass is 343 g/mol. The van der Waals surface area contributed by atoms with Gasteiger partial charge in [-0.25, -0.2) is 0 Å². The molecule has 6 heteroatoms. The van der Waals surface area contributed by atoms with Gasteiger partial charge in [-0.15, -0.1) is 0 Å². The van der Waals surface area contributed by atoms with E-state index in [1.165, 1.54) is 14.2 Å². The molecule has 2 aromatic rings. The lowest BCUT2D eigenvalue weighted by molar-refractivity contribution is -0.137. The topological polar surface area (TPSA) is 84.9 Å². The summed E-state index contributed by atoms with van der Waals surface area (Å²) in [4.78, 5) is 23.7. The molecule has 2 N–H and O–H groups in total. The largest absolute Gasteiger partial charge is 0.493 e. The summed E-state index contributed by atoms with van der Waals surface area (Å²) in [7, 11) is 3.02. The van der Waals surface area contributed by atoms with Crippen molar-refractivity contribution >= 4 is 11.9 Å². The van der Waals surface area contributed by atoms with Crippen LogP contribution in [0.2, 0.25) is 0 Å². The number of carbonyl (C=O) groups is 2. The van der Waals surface area contributed by atoms with E-state index in [-0.39, 0.29) is 12.3 Å². The number of carboxylic acid groups (broad SMARTS) is 1. The van der Waals surface area contributed by atoms with Crippen LogP contribution in [-0.2, 0) is 4.79 Å². The van der Waals surface area contributed by atoms with E-state index < -0.39 is 12.0 Å². The second kappa shape index (κ2) is 8.19. The molecule has 0 bridgehead atoms. The lowest BCUT2D eigenvalue weighted by Crippen LogP contribution is -2.30. The third kappa shape index (κ3) is 4.73. The number of hydrogen-bond donors (Lipinski definition) is 2. The fourth-order valence-corrected chi connectivity index (χ4v) is 2.52. The molecule has 0 aliphatic carbocycles. The summed E-state index contributed by atoms with van der Waals surface area (Å²) >= 11 is 0. The third-order valence-electron chi connectivity index (χ3n) is 3.77. The molecule has 2 aromatic carbocycles. The highest BCUT2D eigenvalue weighted by molar-refractivity contribution is 5.94. The van der Waals surface area contributed by atoms with Gasteiger partial charge in [-0.1, -0.05) is 23.8 Å². The molecule has 0 aliphatic rings. The molecule has 1 atom stereocenters. The maximum atomic E-state index is 12.5. The number of nitrogens with one attached hydrogen (secondary N) is 1. The van der Waals surface area contributed by atoms with Crippen LogP contribution in [0, 0.1) is 6.92 Å². The number of carbonyl (C=O) groups excluding carboxylic acids is 1. The van der Waals surface area contributed by atoms with E-state index in [0.717, 1.165) is 5.56 Å². The quantitative estimate of drug-likeness (QED) is 0.807. The van der Waals surface area contributed by atoms with Gasteiger partial charge in [-0.2, -0.15) is 0 Å². The Kier molecular flexibility index (Phi) is 6.00. The van der Waals surface area contributed by atoms with E-state index in [1.54, 1.807) is 36.4 Å². The highest BCUT2D eigenvalue weighted by Gasteiger charge is 2.20. The van der Waals surface area contributed by atoms with E-state index in [0.29, 0.717) is 22.6 Å². The van der Waals surface area contributed by atoms with Crippen molar-refractivity contribution in [2.24, 2.45) is 0 Å². The second-order valence-electron chi connectivity index (χ2n) is 5.61. The van der Waals surface area contributed by atoms with E-state index >= 15 is 0 Å². The summed E-state index contributed by atoms with van der Waals surface area (Å²) in [6, 6.07) is 11.5. The molecule has 0 unspecified atom stereocenters. The Balaban J connectivity index is 2.30. The first-order chi connectivity index (χ1) is 11.9. The van der Waals surface area contributed by atoms with Crippen LogP contribution in [0.15, 0.2) is 42.5 Å². The number of hydrogen-bond acceptors (Lipinski definition) is 4. The van der Waals surface area contributed by atoms with Crippen molar-refractivity contribution in [1.82, 2.24) is 5.32 Å². The minimum atomic E-state index is -1.01. The van der Waals surface area contributed by atoms with Gasteiger partial charge in [0, 0.05) is 5.56 Å². The van der Waals surface area contributed by atoms with Gasteiger partial charge in [0.25, 0.3) is 5.91 Å². The second-order valence-corrected chi connectivity index (χ2v) is 5.61. The first kappa shape index (κ1) is 18.3. The maximum Gasteiger partial charge on any atom is 0.305 e. The average Bonchev–Trinajstić information content (AvgIpc) is 2.60. The molecular weight excluding hydrogens is 322 g/mol. The van der Waals surface area contributed by atoms with Gasteiger partial charge in [0.1, 0.15) is 0 Å². The molecule has 6 nitrogen and oxygen atoms in total. The number of ether oxygens (including phenoxy) is 2. The molecule has 0 aromatic heterocycles. The Morgan fingerprint density at radius 3 is 2.40 bits per heavy atom. The number of benzene rings is 2. The highest BCUT2D eigenvalue weighted by Crippen LogP contribution is 2.31. The normalized spacial score (nSPS) is 11.5. The van der Waals surface area contributed by atoms with Crippen molar-refractivity contribution < 1.29 is 24.2 Å². The molecule has 0 aliphatic heterocycles. The molecule has 0 heterocycles. The lowest BCUT2D eigenvalue weighted by atomic mass is 10.0. The van der Waals surface area contributed by atoms with E-state index in [9.17, 15) is 14.7 Å². The summed E-state index contributed by atoms with van der Waals surface area (Å²) < 4.78 is 10.4. The predicted molar refractivity (Wildman–Crippen MR) is 93.2 cm³/mol. The maximum absolute atomic E-state index is 12.5. The number of methoxy groups -OCH3 is 2. The van der Waals surface area contributed by atoms with Gasteiger partial charge in [-0.3, -0.25) is 9.59 Å². The molecule has 2 rings (SSSR count). The van der Waals surface area contributed by atoms with Crippen LogP contribution < -0.4 is 14.8 Å². The van der Waals surface area contributed by atoms with E-state index in [4.69, 9.17) is 9.47 Å². The van der Waals surface area contributed by atoms with Crippen molar-refractivity contribution in [3.63, 3.8) is 0 Å². The summed E-state index contributed by atoms with van der Waals surface area (Å²) in [5, 5.41) is 12.0. The molecule has 0 saturated carbocycles. The van der Waals surface area contributed by atoms with Crippen LogP contribution in [0.25, 0.3) is 0 Å². The van der Waals surface area contributed by atoms with Gasteiger partial charge < -0.3 is 19.9 Å². The Hall–Kier alpha value is -3.02. The van der Waals surface area contributed by atoms with Crippen molar-refractivity contribution in [2.45, 2.75) is 19.4 Å². The van der Waals surface area contributed by atoms with Crippen molar-refractivity contribution in [1.29, 1.82) is 0 Å². The minimum Gasteiger partial charge on any atom is -0.493 e. The molecule has 0 fully saturated rings. The van der Waals surface area contributed by atoms with Crippen LogP contribution >= 0.6 is 0 Å². The zero-order valence-corrected chi connectivity index (χ0v) is 14.4. The van der Waals surface area contributed by atoms with Crippen molar-refractivity contribution in [3.8, 4) is 11.5 Å².